The van der Waals surface area contributed by atoms with E-state index in [1.165, 1.54) is 12.1 Å². The number of hydrogen-bond acceptors (Lipinski definition) is 3. The molecule has 1 aromatic carbocycles. The van der Waals surface area contributed by atoms with Gasteiger partial charge in [-0.25, -0.2) is 4.79 Å². The van der Waals surface area contributed by atoms with Gasteiger partial charge in [-0.2, -0.15) is 0 Å². The molecule has 0 amide bonds. The minimum atomic E-state index is -4.71. The quantitative estimate of drug-likeness (QED) is 0.845. The van der Waals surface area contributed by atoms with Gasteiger partial charge in [-0.15, -0.1) is 13.2 Å². The summed E-state index contributed by atoms with van der Waals surface area (Å²) in [7, 11) is 0. The van der Waals surface area contributed by atoms with Crippen molar-refractivity contribution in [1.82, 2.24) is 0 Å². The van der Waals surface area contributed by atoms with Gasteiger partial charge in [0.05, 0.1) is 17.2 Å². The SMILES string of the molecule is O=C(O)c1ccc(OCCOC(F)(F)F)c(Cl)c1. The van der Waals surface area contributed by atoms with Crippen LogP contribution in [0.2, 0.25) is 5.02 Å². The number of hydrogen-bond donors (Lipinski definition) is 1. The summed E-state index contributed by atoms with van der Waals surface area (Å²) in [5.41, 5.74) is -0.0427. The van der Waals surface area contributed by atoms with Crippen molar-refractivity contribution in [3.8, 4) is 5.75 Å². The molecule has 0 radical (unpaired) electrons. The van der Waals surface area contributed by atoms with Gasteiger partial charge in [0.2, 0.25) is 0 Å². The second-order valence-corrected chi connectivity index (χ2v) is 3.50. The number of carboxylic acids is 1. The molecule has 0 saturated heterocycles. The molecular weight excluding hydrogens is 277 g/mol. The summed E-state index contributed by atoms with van der Waals surface area (Å²) in [4.78, 5) is 10.6. The van der Waals surface area contributed by atoms with Crippen molar-refractivity contribution in [2.75, 3.05) is 13.2 Å². The van der Waals surface area contributed by atoms with Crippen molar-refractivity contribution in [2.45, 2.75) is 6.36 Å². The van der Waals surface area contributed by atoms with Gasteiger partial charge in [-0.05, 0) is 18.2 Å². The molecule has 1 N–H and O–H groups in total. The number of aromatic carboxylic acids is 1. The van der Waals surface area contributed by atoms with Crippen molar-refractivity contribution in [3.05, 3.63) is 28.8 Å². The highest BCUT2D eigenvalue weighted by Crippen LogP contribution is 2.25. The predicted molar refractivity (Wildman–Crippen MR) is 55.9 cm³/mol. The Morgan fingerprint density at radius 3 is 2.50 bits per heavy atom. The molecule has 1 aromatic rings. The lowest BCUT2D eigenvalue weighted by molar-refractivity contribution is -0.325. The fourth-order valence-electron chi connectivity index (χ4n) is 1.06. The van der Waals surface area contributed by atoms with E-state index in [9.17, 15) is 18.0 Å². The van der Waals surface area contributed by atoms with Crippen LogP contribution in [0.3, 0.4) is 0 Å². The second kappa shape index (κ2) is 5.92. The van der Waals surface area contributed by atoms with Crippen molar-refractivity contribution in [3.63, 3.8) is 0 Å². The maximum Gasteiger partial charge on any atom is 0.522 e. The molecule has 8 heteroatoms. The van der Waals surface area contributed by atoms with Crippen LogP contribution in [0.15, 0.2) is 18.2 Å². The van der Waals surface area contributed by atoms with Gasteiger partial charge >= 0.3 is 12.3 Å². The first-order valence-electron chi connectivity index (χ1n) is 4.66. The molecule has 0 bridgehead atoms. The summed E-state index contributed by atoms with van der Waals surface area (Å²) < 4.78 is 43.3. The van der Waals surface area contributed by atoms with Crippen molar-refractivity contribution < 1.29 is 32.5 Å². The number of halogens is 4. The maximum absolute atomic E-state index is 11.6. The standard InChI is InChI=1S/C10H8ClF3O4/c11-7-5-6(9(15)16)1-2-8(7)17-3-4-18-10(12,13)14/h1-2,5H,3-4H2,(H,15,16). The second-order valence-electron chi connectivity index (χ2n) is 3.09. The lowest BCUT2D eigenvalue weighted by Crippen LogP contribution is -2.18. The molecule has 4 nitrogen and oxygen atoms in total. The van der Waals surface area contributed by atoms with Crippen LogP contribution in [0.5, 0.6) is 5.75 Å². The van der Waals surface area contributed by atoms with E-state index in [-0.39, 0.29) is 22.9 Å². The van der Waals surface area contributed by atoms with E-state index in [4.69, 9.17) is 21.4 Å². The van der Waals surface area contributed by atoms with Crippen LogP contribution in [0, 0.1) is 0 Å². The first-order chi connectivity index (χ1) is 8.29. The molecule has 0 aliphatic heterocycles. The molecule has 0 aromatic heterocycles. The predicted octanol–water partition coefficient (Wildman–Crippen LogP) is 2.95. The first-order valence-corrected chi connectivity index (χ1v) is 5.04. The summed E-state index contributed by atoms with van der Waals surface area (Å²) in [6, 6.07) is 3.64. The van der Waals surface area contributed by atoms with Gasteiger partial charge in [0.1, 0.15) is 12.4 Å². The van der Waals surface area contributed by atoms with Gasteiger partial charge in [-0.3, -0.25) is 4.74 Å². The molecule has 0 saturated carbocycles. The molecule has 0 aliphatic rings. The maximum atomic E-state index is 11.6. The highest BCUT2D eigenvalue weighted by atomic mass is 35.5. The number of carbonyl (C=O) groups is 1. The van der Waals surface area contributed by atoms with E-state index in [0.29, 0.717) is 0 Å². The topological polar surface area (TPSA) is 55.8 Å². The molecule has 18 heavy (non-hydrogen) atoms. The minimum Gasteiger partial charge on any atom is -0.490 e. The molecule has 0 unspecified atom stereocenters. The minimum absolute atomic E-state index is 0.00177. The van der Waals surface area contributed by atoms with Gasteiger partial charge < -0.3 is 9.84 Å². The number of alkyl halides is 3. The molecule has 1 rings (SSSR count). The Kier molecular flexibility index (Phi) is 4.80. The highest BCUT2D eigenvalue weighted by Gasteiger charge is 2.28. The Hall–Kier alpha value is -1.47. The Balaban J connectivity index is 2.51. The first kappa shape index (κ1) is 14.6. The van der Waals surface area contributed by atoms with E-state index >= 15 is 0 Å². The third-order valence-electron chi connectivity index (χ3n) is 1.79. The third kappa shape index (κ3) is 4.80. The zero-order valence-corrected chi connectivity index (χ0v) is 9.59. The monoisotopic (exact) mass is 284 g/mol. The highest BCUT2D eigenvalue weighted by molar-refractivity contribution is 6.32. The van der Waals surface area contributed by atoms with Crippen LogP contribution in [0.25, 0.3) is 0 Å². The average Bonchev–Trinajstić information content (AvgIpc) is 2.24. The van der Waals surface area contributed by atoms with Crippen molar-refractivity contribution in [1.29, 1.82) is 0 Å². The van der Waals surface area contributed by atoms with Gasteiger partial charge in [0.15, 0.2) is 0 Å². The largest absolute Gasteiger partial charge is 0.522 e. The lowest BCUT2D eigenvalue weighted by Gasteiger charge is -2.10. The van der Waals surface area contributed by atoms with Crippen LogP contribution in [-0.4, -0.2) is 30.7 Å². The van der Waals surface area contributed by atoms with Crippen LogP contribution < -0.4 is 4.74 Å². The Labute approximate surface area is 105 Å². The molecule has 100 valence electrons. The number of benzene rings is 1. The third-order valence-corrected chi connectivity index (χ3v) is 2.08. The van der Waals surface area contributed by atoms with Gasteiger partial charge in [0.25, 0.3) is 0 Å². The zero-order valence-electron chi connectivity index (χ0n) is 8.83. The molecular formula is C10H8ClF3O4. The Morgan fingerprint density at radius 1 is 1.33 bits per heavy atom. The number of rotatable bonds is 5. The van der Waals surface area contributed by atoms with Gasteiger partial charge in [-0.1, -0.05) is 11.6 Å². The molecule has 0 fully saturated rings. The molecule has 0 atom stereocenters. The Bertz CT molecular complexity index is 434. The van der Waals surface area contributed by atoms with Gasteiger partial charge in [0, 0.05) is 0 Å². The summed E-state index contributed by atoms with van der Waals surface area (Å²) in [6.07, 6.45) is -4.71. The van der Waals surface area contributed by atoms with E-state index < -0.39 is 18.9 Å². The van der Waals surface area contributed by atoms with Crippen molar-refractivity contribution >= 4 is 17.6 Å². The van der Waals surface area contributed by atoms with Crippen LogP contribution >= 0.6 is 11.6 Å². The smallest absolute Gasteiger partial charge is 0.490 e. The molecule has 0 aliphatic carbocycles. The summed E-state index contributed by atoms with van der Waals surface area (Å²) in [5, 5.41) is 8.66. The number of ether oxygens (including phenoxy) is 2. The van der Waals surface area contributed by atoms with E-state index in [1.807, 2.05) is 0 Å². The molecule has 0 heterocycles. The lowest BCUT2D eigenvalue weighted by atomic mass is 10.2. The Morgan fingerprint density at radius 2 is 2.00 bits per heavy atom. The fourth-order valence-corrected chi connectivity index (χ4v) is 1.30. The van der Waals surface area contributed by atoms with Crippen molar-refractivity contribution in [2.24, 2.45) is 0 Å². The average molecular weight is 285 g/mol. The summed E-state index contributed by atoms with van der Waals surface area (Å²) >= 11 is 5.69. The normalized spacial score (nSPS) is 11.3. The van der Waals surface area contributed by atoms with E-state index in [0.717, 1.165) is 6.07 Å². The summed E-state index contributed by atoms with van der Waals surface area (Å²) in [6.45, 7) is -1.04. The van der Waals surface area contributed by atoms with E-state index in [1.54, 1.807) is 0 Å². The summed E-state index contributed by atoms with van der Waals surface area (Å²) in [5.74, 6) is -1.07. The van der Waals surface area contributed by atoms with Crippen LogP contribution in [0.4, 0.5) is 13.2 Å². The molecule has 0 spiro atoms. The zero-order chi connectivity index (χ0) is 13.8. The number of carboxylic acid groups (broad SMARTS) is 1. The van der Waals surface area contributed by atoms with Crippen LogP contribution in [-0.2, 0) is 4.74 Å². The fraction of sp³-hybridized carbons (Fsp3) is 0.300. The van der Waals surface area contributed by atoms with E-state index in [2.05, 4.69) is 4.74 Å². The van der Waals surface area contributed by atoms with Crippen LogP contribution in [0.1, 0.15) is 10.4 Å².